The Balaban J connectivity index is 2.16. The molecule has 0 aliphatic rings. The molecule has 0 spiro atoms. The van der Waals surface area contributed by atoms with Crippen LogP contribution in [-0.2, 0) is 4.76 Å². The van der Waals surface area contributed by atoms with E-state index in [1.807, 2.05) is 74.8 Å². The Hall–Kier alpha value is -1.78. The number of rotatable bonds is 5. The molecule has 0 saturated carbocycles. The topological polar surface area (TPSA) is 21.7 Å². The van der Waals surface area contributed by atoms with Crippen molar-refractivity contribution in [3.05, 3.63) is 60.7 Å². The van der Waals surface area contributed by atoms with E-state index < -0.39 is 7.12 Å². The maximum atomic E-state index is 5.85. The summed E-state index contributed by atoms with van der Waals surface area (Å²) in [6.07, 6.45) is 0. The second-order valence-electron chi connectivity index (χ2n) is 4.09. The van der Waals surface area contributed by atoms with Crippen molar-refractivity contribution in [3.63, 3.8) is 0 Å². The van der Waals surface area contributed by atoms with Gasteiger partial charge in [-0.15, -0.1) is 0 Å². The van der Waals surface area contributed by atoms with Crippen LogP contribution in [0.25, 0.3) is 0 Å². The van der Waals surface area contributed by atoms with Crippen LogP contribution in [0, 0.1) is 0 Å². The second-order valence-corrected chi connectivity index (χ2v) is 4.09. The summed E-state index contributed by atoms with van der Waals surface area (Å²) in [7, 11) is 3.23. The van der Waals surface area contributed by atoms with Crippen molar-refractivity contribution in [2.45, 2.75) is 0 Å². The molecule has 0 bridgehead atoms. The highest BCUT2D eigenvalue weighted by Crippen LogP contribution is 2.10. The molecule has 92 valence electrons. The molecule has 0 aliphatic heterocycles. The van der Waals surface area contributed by atoms with Gasteiger partial charge in [-0.1, -0.05) is 48.5 Å². The zero-order valence-electron chi connectivity index (χ0n) is 10.6. The Bertz CT molecular complexity index is 462. The molecule has 0 atom stereocenters. The summed E-state index contributed by atoms with van der Waals surface area (Å²) >= 11 is 0. The molecule has 0 heterocycles. The predicted octanol–water partition coefficient (Wildman–Crippen LogP) is 1.95. The van der Waals surface area contributed by atoms with E-state index in [1.54, 1.807) is 5.06 Å². The van der Waals surface area contributed by atoms with Crippen molar-refractivity contribution in [1.29, 1.82) is 0 Å². The molecular formula is C14H16BNO2. The summed E-state index contributed by atoms with van der Waals surface area (Å²) in [5.74, 6) is 0.785. The molecule has 18 heavy (non-hydrogen) atoms. The highest BCUT2D eigenvalue weighted by atomic mass is 16.7. The first kappa shape index (κ1) is 12.7. The highest BCUT2D eigenvalue weighted by Gasteiger charge is 2.25. The van der Waals surface area contributed by atoms with Crippen LogP contribution >= 0.6 is 0 Å². The Morgan fingerprint density at radius 1 is 0.833 bits per heavy atom. The molecule has 0 radical (unpaired) electrons. The third-order valence-corrected chi connectivity index (χ3v) is 2.36. The highest BCUT2D eigenvalue weighted by molar-refractivity contribution is 6.61. The number of hydroxylamine groups is 2. The average molecular weight is 241 g/mol. The van der Waals surface area contributed by atoms with Crippen molar-refractivity contribution in [1.82, 2.24) is 5.06 Å². The van der Waals surface area contributed by atoms with Crippen LogP contribution in [-0.4, -0.2) is 26.3 Å². The summed E-state index contributed by atoms with van der Waals surface area (Å²) in [6, 6.07) is 19.5. The number of nitrogens with zero attached hydrogens (tertiary/aromatic N) is 1. The molecule has 0 aromatic heterocycles. The van der Waals surface area contributed by atoms with Crippen LogP contribution in [0.1, 0.15) is 0 Å². The molecule has 3 nitrogen and oxygen atoms in total. The van der Waals surface area contributed by atoms with Gasteiger partial charge >= 0.3 is 7.12 Å². The van der Waals surface area contributed by atoms with Gasteiger partial charge in [0.2, 0.25) is 0 Å². The lowest BCUT2D eigenvalue weighted by molar-refractivity contribution is -0.0195. The Labute approximate surface area is 108 Å². The monoisotopic (exact) mass is 241 g/mol. The second kappa shape index (κ2) is 6.24. The van der Waals surface area contributed by atoms with E-state index in [4.69, 9.17) is 9.41 Å². The van der Waals surface area contributed by atoms with Gasteiger partial charge in [-0.2, -0.15) is 0 Å². The average Bonchev–Trinajstić information content (AvgIpc) is 2.40. The summed E-state index contributed by atoms with van der Waals surface area (Å²) in [4.78, 5) is 0. The lowest BCUT2D eigenvalue weighted by Crippen LogP contribution is -2.43. The zero-order valence-corrected chi connectivity index (χ0v) is 10.6. The zero-order chi connectivity index (χ0) is 12.8. The first-order valence-corrected chi connectivity index (χ1v) is 5.86. The number of para-hydroxylation sites is 1. The summed E-state index contributed by atoms with van der Waals surface area (Å²) in [5, 5.41) is 1.64. The Morgan fingerprint density at radius 3 is 1.94 bits per heavy atom. The van der Waals surface area contributed by atoms with E-state index in [-0.39, 0.29) is 0 Å². The van der Waals surface area contributed by atoms with Gasteiger partial charge in [0.25, 0.3) is 0 Å². The lowest BCUT2D eigenvalue weighted by atomic mass is 9.79. The standard InChI is InChI=1S/C14H16BNO2/c1-16(2)18-15(13-9-5-3-6-10-13)17-14-11-7-4-8-12-14/h3-12H,1-2H3. The number of benzene rings is 2. The van der Waals surface area contributed by atoms with Crippen LogP contribution in [0.5, 0.6) is 5.75 Å². The molecule has 0 fully saturated rings. The Kier molecular flexibility index (Phi) is 4.39. The predicted molar refractivity (Wildman–Crippen MR) is 73.7 cm³/mol. The van der Waals surface area contributed by atoms with Crippen molar-refractivity contribution in [2.75, 3.05) is 14.1 Å². The minimum atomic E-state index is -0.441. The molecule has 2 aromatic carbocycles. The maximum Gasteiger partial charge on any atom is 0.580 e. The molecule has 0 amide bonds. The third-order valence-electron chi connectivity index (χ3n) is 2.36. The van der Waals surface area contributed by atoms with Crippen LogP contribution in [0.4, 0.5) is 0 Å². The van der Waals surface area contributed by atoms with E-state index in [1.165, 1.54) is 0 Å². The molecule has 4 heteroatoms. The Morgan fingerprint density at radius 2 is 1.39 bits per heavy atom. The quantitative estimate of drug-likeness (QED) is 0.590. The van der Waals surface area contributed by atoms with Crippen LogP contribution < -0.4 is 10.1 Å². The third kappa shape index (κ3) is 3.62. The molecule has 0 N–H and O–H groups in total. The van der Waals surface area contributed by atoms with E-state index in [0.29, 0.717) is 0 Å². The minimum absolute atomic E-state index is 0.441. The number of hydrogen-bond donors (Lipinski definition) is 0. The van der Waals surface area contributed by atoms with Crippen molar-refractivity contribution >= 4 is 12.6 Å². The van der Waals surface area contributed by atoms with Gasteiger partial charge in [0.15, 0.2) is 0 Å². The fourth-order valence-electron chi connectivity index (χ4n) is 1.57. The summed E-state index contributed by atoms with van der Waals surface area (Å²) < 4.78 is 11.5. The van der Waals surface area contributed by atoms with E-state index in [2.05, 4.69) is 0 Å². The first-order chi connectivity index (χ1) is 8.75. The van der Waals surface area contributed by atoms with E-state index in [9.17, 15) is 0 Å². The van der Waals surface area contributed by atoms with Crippen molar-refractivity contribution < 1.29 is 9.41 Å². The minimum Gasteiger partial charge on any atom is -0.531 e. The number of hydrogen-bond acceptors (Lipinski definition) is 3. The van der Waals surface area contributed by atoms with Gasteiger partial charge < -0.3 is 9.41 Å². The molecule has 0 saturated heterocycles. The van der Waals surface area contributed by atoms with Crippen LogP contribution in [0.2, 0.25) is 0 Å². The normalized spacial score (nSPS) is 10.4. The smallest absolute Gasteiger partial charge is 0.531 e. The van der Waals surface area contributed by atoms with Crippen LogP contribution in [0.15, 0.2) is 60.7 Å². The van der Waals surface area contributed by atoms with Crippen molar-refractivity contribution in [3.8, 4) is 5.75 Å². The molecule has 2 aromatic rings. The maximum absolute atomic E-state index is 5.85. The first-order valence-electron chi connectivity index (χ1n) is 5.86. The fourth-order valence-corrected chi connectivity index (χ4v) is 1.57. The molecule has 0 aliphatic carbocycles. The van der Waals surface area contributed by atoms with Gasteiger partial charge in [-0.25, -0.2) is 5.06 Å². The van der Waals surface area contributed by atoms with E-state index >= 15 is 0 Å². The SMILES string of the molecule is CN(C)OB(Oc1ccccc1)c1ccccc1. The van der Waals surface area contributed by atoms with Gasteiger partial charge in [0.1, 0.15) is 5.75 Å². The summed E-state index contributed by atoms with van der Waals surface area (Å²) in [6.45, 7) is 0. The lowest BCUT2D eigenvalue weighted by Gasteiger charge is -2.19. The van der Waals surface area contributed by atoms with Gasteiger partial charge in [-0.3, -0.25) is 0 Å². The van der Waals surface area contributed by atoms with Crippen molar-refractivity contribution in [2.24, 2.45) is 0 Å². The molecular weight excluding hydrogens is 225 g/mol. The summed E-state index contributed by atoms with van der Waals surface area (Å²) in [5.41, 5.74) is 0.982. The largest absolute Gasteiger partial charge is 0.580 e. The van der Waals surface area contributed by atoms with Gasteiger partial charge in [0, 0.05) is 14.1 Å². The molecule has 2 rings (SSSR count). The van der Waals surface area contributed by atoms with E-state index in [0.717, 1.165) is 11.2 Å². The van der Waals surface area contributed by atoms with Crippen LogP contribution in [0.3, 0.4) is 0 Å². The van der Waals surface area contributed by atoms with Gasteiger partial charge in [-0.05, 0) is 17.6 Å². The van der Waals surface area contributed by atoms with Gasteiger partial charge in [0.05, 0.1) is 0 Å². The molecule has 0 unspecified atom stereocenters. The fraction of sp³-hybridized carbons (Fsp3) is 0.143.